The molecule has 7 nitrogen and oxygen atoms in total. The first kappa shape index (κ1) is 15.7. The minimum Gasteiger partial charge on any atom is -0.489 e. The lowest BCUT2D eigenvalue weighted by molar-refractivity contribution is 0.297. The number of hydrogen-bond donors (Lipinski definition) is 2. The summed E-state index contributed by atoms with van der Waals surface area (Å²) in [5.41, 5.74) is 6.47. The second-order valence-electron chi connectivity index (χ2n) is 5.15. The molecule has 0 aliphatic carbocycles. The van der Waals surface area contributed by atoms with Crippen molar-refractivity contribution in [3.8, 4) is 11.5 Å². The van der Waals surface area contributed by atoms with Gasteiger partial charge in [0.1, 0.15) is 0 Å². The van der Waals surface area contributed by atoms with E-state index >= 15 is 0 Å². The molecule has 1 aromatic carbocycles. The summed E-state index contributed by atoms with van der Waals surface area (Å²) in [6.07, 6.45) is 0.770. The Labute approximate surface area is 125 Å². The second-order valence-corrected chi connectivity index (χ2v) is 6.88. The molecule has 21 heavy (non-hydrogen) atoms. The van der Waals surface area contributed by atoms with Crippen molar-refractivity contribution in [1.29, 1.82) is 0 Å². The van der Waals surface area contributed by atoms with Gasteiger partial charge in [-0.3, -0.25) is 4.72 Å². The highest BCUT2D eigenvalue weighted by Crippen LogP contribution is 2.37. The van der Waals surface area contributed by atoms with Gasteiger partial charge in [-0.05, 0) is 13.8 Å². The van der Waals surface area contributed by atoms with E-state index in [1.165, 1.54) is 11.4 Å². The quantitative estimate of drug-likeness (QED) is 0.820. The van der Waals surface area contributed by atoms with Crippen molar-refractivity contribution < 1.29 is 17.9 Å². The molecule has 118 valence electrons. The van der Waals surface area contributed by atoms with Gasteiger partial charge in [-0.2, -0.15) is 12.7 Å². The maximum atomic E-state index is 12.2. The van der Waals surface area contributed by atoms with E-state index in [0.29, 0.717) is 30.4 Å². The van der Waals surface area contributed by atoms with Gasteiger partial charge in [0.15, 0.2) is 11.5 Å². The molecule has 0 spiro atoms. The molecule has 1 aliphatic heterocycles. The highest BCUT2D eigenvalue weighted by molar-refractivity contribution is 7.90. The predicted molar refractivity (Wildman–Crippen MR) is 81.9 cm³/mol. The highest BCUT2D eigenvalue weighted by Gasteiger charge is 2.22. The third-order valence-electron chi connectivity index (χ3n) is 3.26. The number of benzene rings is 1. The molecule has 0 saturated heterocycles. The van der Waals surface area contributed by atoms with Crippen molar-refractivity contribution in [3.63, 3.8) is 0 Å². The SMILES string of the molecule is CC(C)N(C)S(=O)(=O)Nc1cc2c(cc1N)OCCCO2. The number of nitrogens with one attached hydrogen (secondary N) is 1. The molecular weight excluding hydrogens is 294 g/mol. The molecule has 0 unspecified atom stereocenters. The number of anilines is 2. The molecule has 0 saturated carbocycles. The Kier molecular flexibility index (Phi) is 4.48. The summed E-state index contributed by atoms with van der Waals surface area (Å²) in [6, 6.07) is 2.97. The van der Waals surface area contributed by atoms with Crippen LogP contribution in [0.1, 0.15) is 20.3 Å². The van der Waals surface area contributed by atoms with Crippen LogP contribution in [0.15, 0.2) is 12.1 Å². The van der Waals surface area contributed by atoms with Crippen LogP contribution in [0.4, 0.5) is 11.4 Å². The summed E-state index contributed by atoms with van der Waals surface area (Å²) >= 11 is 0. The van der Waals surface area contributed by atoms with Crippen LogP contribution in [0.5, 0.6) is 11.5 Å². The minimum absolute atomic E-state index is 0.163. The van der Waals surface area contributed by atoms with Crippen molar-refractivity contribution in [2.24, 2.45) is 0 Å². The fourth-order valence-corrected chi connectivity index (χ4v) is 2.96. The lowest BCUT2D eigenvalue weighted by Crippen LogP contribution is -2.37. The Balaban J connectivity index is 2.31. The Hall–Kier alpha value is -1.67. The fourth-order valence-electron chi connectivity index (χ4n) is 1.80. The van der Waals surface area contributed by atoms with Crippen molar-refractivity contribution >= 4 is 21.6 Å². The van der Waals surface area contributed by atoms with Gasteiger partial charge in [-0.15, -0.1) is 0 Å². The van der Waals surface area contributed by atoms with E-state index in [2.05, 4.69) is 4.72 Å². The topological polar surface area (TPSA) is 93.9 Å². The van der Waals surface area contributed by atoms with Gasteiger partial charge in [0, 0.05) is 31.6 Å². The summed E-state index contributed by atoms with van der Waals surface area (Å²) in [6.45, 7) is 4.65. The van der Waals surface area contributed by atoms with Crippen molar-refractivity contribution in [1.82, 2.24) is 4.31 Å². The summed E-state index contributed by atoms with van der Waals surface area (Å²) in [5.74, 6) is 1.02. The number of nitrogen functional groups attached to an aromatic ring is 1. The van der Waals surface area contributed by atoms with Crippen LogP contribution in [0.3, 0.4) is 0 Å². The summed E-state index contributed by atoms with van der Waals surface area (Å²) in [7, 11) is -2.16. The Morgan fingerprint density at radius 3 is 2.38 bits per heavy atom. The van der Waals surface area contributed by atoms with E-state index in [-0.39, 0.29) is 11.7 Å². The molecule has 3 N–H and O–H groups in total. The van der Waals surface area contributed by atoms with Crippen molar-refractivity contribution in [2.75, 3.05) is 30.7 Å². The molecule has 1 aliphatic rings. The van der Waals surface area contributed by atoms with E-state index in [1.807, 2.05) is 0 Å². The Morgan fingerprint density at radius 2 is 1.81 bits per heavy atom. The van der Waals surface area contributed by atoms with Gasteiger partial charge in [-0.1, -0.05) is 0 Å². The van der Waals surface area contributed by atoms with Gasteiger partial charge < -0.3 is 15.2 Å². The van der Waals surface area contributed by atoms with Gasteiger partial charge in [0.25, 0.3) is 0 Å². The van der Waals surface area contributed by atoms with E-state index in [4.69, 9.17) is 15.2 Å². The summed E-state index contributed by atoms with van der Waals surface area (Å²) < 4.78 is 39.2. The first-order valence-electron chi connectivity index (χ1n) is 6.76. The van der Waals surface area contributed by atoms with E-state index in [0.717, 1.165) is 6.42 Å². The van der Waals surface area contributed by atoms with E-state index in [9.17, 15) is 8.42 Å². The zero-order valence-corrected chi connectivity index (χ0v) is 13.2. The number of rotatable bonds is 4. The number of fused-ring (bicyclic) bond motifs is 1. The number of nitrogens with two attached hydrogens (primary N) is 1. The molecule has 0 amide bonds. The maximum Gasteiger partial charge on any atom is 0.301 e. The molecule has 0 atom stereocenters. The van der Waals surface area contributed by atoms with Crippen LogP contribution in [-0.2, 0) is 10.2 Å². The monoisotopic (exact) mass is 315 g/mol. The number of nitrogens with zero attached hydrogens (tertiary/aromatic N) is 1. The lowest BCUT2D eigenvalue weighted by Gasteiger charge is -2.22. The molecule has 0 radical (unpaired) electrons. The van der Waals surface area contributed by atoms with Gasteiger partial charge >= 0.3 is 10.2 Å². The molecule has 2 rings (SSSR count). The first-order chi connectivity index (χ1) is 9.81. The third-order valence-corrected chi connectivity index (χ3v) is 4.92. The van der Waals surface area contributed by atoms with Crippen LogP contribution >= 0.6 is 0 Å². The highest BCUT2D eigenvalue weighted by atomic mass is 32.2. The normalized spacial score (nSPS) is 15.1. The predicted octanol–water partition coefficient (Wildman–Crippen LogP) is 1.43. The molecule has 0 fully saturated rings. The van der Waals surface area contributed by atoms with Crippen molar-refractivity contribution in [3.05, 3.63) is 12.1 Å². The average Bonchev–Trinajstić information content (AvgIpc) is 2.62. The summed E-state index contributed by atoms with van der Waals surface area (Å²) in [4.78, 5) is 0. The second kappa shape index (κ2) is 5.98. The van der Waals surface area contributed by atoms with Crippen LogP contribution in [-0.4, -0.2) is 39.0 Å². The van der Waals surface area contributed by atoms with Crippen LogP contribution < -0.4 is 19.9 Å². The van der Waals surface area contributed by atoms with Gasteiger partial charge in [0.2, 0.25) is 0 Å². The molecular formula is C13H21N3O4S. The van der Waals surface area contributed by atoms with Crippen molar-refractivity contribution in [2.45, 2.75) is 26.3 Å². The average molecular weight is 315 g/mol. The molecule has 0 aromatic heterocycles. The molecule has 1 heterocycles. The largest absolute Gasteiger partial charge is 0.489 e. The lowest BCUT2D eigenvalue weighted by atomic mass is 10.2. The zero-order valence-electron chi connectivity index (χ0n) is 12.4. The molecule has 8 heteroatoms. The maximum absolute atomic E-state index is 12.2. The minimum atomic E-state index is -3.66. The van der Waals surface area contributed by atoms with E-state index < -0.39 is 10.2 Å². The standard InChI is InChI=1S/C13H21N3O4S/c1-9(2)16(3)21(17,18)15-11-8-13-12(7-10(11)14)19-5-4-6-20-13/h7-9,15H,4-6,14H2,1-3H3. The third kappa shape index (κ3) is 3.51. The number of ether oxygens (including phenoxy) is 2. The fraction of sp³-hybridized carbons (Fsp3) is 0.538. The van der Waals surface area contributed by atoms with Crippen LogP contribution in [0, 0.1) is 0 Å². The number of hydrogen-bond acceptors (Lipinski definition) is 5. The summed E-state index contributed by atoms with van der Waals surface area (Å²) in [5, 5.41) is 0. The van der Waals surface area contributed by atoms with Crippen LogP contribution in [0.25, 0.3) is 0 Å². The Morgan fingerprint density at radius 1 is 1.24 bits per heavy atom. The molecule has 1 aromatic rings. The zero-order chi connectivity index (χ0) is 15.6. The molecule has 0 bridgehead atoms. The first-order valence-corrected chi connectivity index (χ1v) is 8.20. The van der Waals surface area contributed by atoms with Gasteiger partial charge in [-0.25, -0.2) is 0 Å². The van der Waals surface area contributed by atoms with Crippen LogP contribution in [0.2, 0.25) is 0 Å². The Bertz CT molecular complexity index is 616. The van der Waals surface area contributed by atoms with E-state index in [1.54, 1.807) is 26.0 Å². The van der Waals surface area contributed by atoms with Gasteiger partial charge in [0.05, 0.1) is 24.6 Å². The smallest absolute Gasteiger partial charge is 0.301 e.